The number of H-pyrrole nitrogens is 1. The predicted octanol–water partition coefficient (Wildman–Crippen LogP) is -2.27. The molecule has 0 radical (unpaired) electrons. The summed E-state index contributed by atoms with van der Waals surface area (Å²) in [5, 5.41) is 14.1. The summed E-state index contributed by atoms with van der Waals surface area (Å²) in [6.07, 6.45) is 4.27. The average molecular weight is 411 g/mol. The molecule has 0 aliphatic carbocycles. The van der Waals surface area contributed by atoms with E-state index in [1.165, 1.54) is 12.5 Å². The van der Waals surface area contributed by atoms with Crippen molar-refractivity contribution in [3.63, 3.8) is 0 Å². The van der Waals surface area contributed by atoms with Crippen molar-refractivity contribution in [3.05, 3.63) is 18.2 Å². The molecule has 1 aromatic heterocycles. The summed E-state index contributed by atoms with van der Waals surface area (Å²) < 4.78 is 0. The zero-order valence-corrected chi connectivity index (χ0v) is 16.1. The average Bonchev–Trinajstić information content (AvgIpc) is 3.16. The lowest BCUT2D eigenvalue weighted by Gasteiger charge is -2.22. The van der Waals surface area contributed by atoms with Crippen molar-refractivity contribution >= 4 is 23.7 Å². The van der Waals surface area contributed by atoms with Crippen LogP contribution in [-0.4, -0.2) is 63.4 Å². The molecule has 3 amide bonds. The molecule has 0 aromatic carbocycles. The number of aromatic nitrogens is 2. The fraction of sp³-hybridized carbons (Fsp3) is 0.588. The molecular formula is C17H29N7O5. The maximum Gasteiger partial charge on any atom is 0.326 e. The van der Waals surface area contributed by atoms with Gasteiger partial charge in [-0.1, -0.05) is 0 Å². The van der Waals surface area contributed by atoms with Gasteiger partial charge in [-0.15, -0.1) is 0 Å². The summed E-state index contributed by atoms with van der Waals surface area (Å²) in [7, 11) is 0. The minimum absolute atomic E-state index is 0.154. The number of amides is 3. The molecule has 0 aliphatic rings. The van der Waals surface area contributed by atoms with E-state index in [-0.39, 0.29) is 25.7 Å². The number of hydrogen-bond donors (Lipinski definition) is 7. The fourth-order valence-corrected chi connectivity index (χ4v) is 2.58. The van der Waals surface area contributed by atoms with E-state index in [4.69, 9.17) is 17.2 Å². The number of carbonyl (C=O) groups excluding carboxylic acids is 3. The van der Waals surface area contributed by atoms with Crippen molar-refractivity contribution in [2.75, 3.05) is 6.54 Å². The van der Waals surface area contributed by atoms with Crippen LogP contribution in [0.25, 0.3) is 0 Å². The highest BCUT2D eigenvalue weighted by atomic mass is 16.4. The summed E-state index contributed by atoms with van der Waals surface area (Å²) in [6, 6.07) is -3.22. The molecule has 3 unspecified atom stereocenters. The topological polar surface area (TPSA) is 219 Å². The van der Waals surface area contributed by atoms with Crippen LogP contribution < -0.4 is 27.8 Å². The van der Waals surface area contributed by atoms with Crippen molar-refractivity contribution in [2.45, 2.75) is 56.7 Å². The number of carboxylic acid groups (broad SMARTS) is 1. The Morgan fingerprint density at radius 1 is 1.10 bits per heavy atom. The van der Waals surface area contributed by atoms with Crippen LogP contribution in [0.5, 0.6) is 0 Å². The molecule has 1 rings (SSSR count). The van der Waals surface area contributed by atoms with E-state index in [0.29, 0.717) is 25.1 Å². The van der Waals surface area contributed by atoms with Gasteiger partial charge in [0.2, 0.25) is 17.7 Å². The Labute approximate surface area is 168 Å². The first-order valence-electron chi connectivity index (χ1n) is 9.29. The lowest BCUT2D eigenvalue weighted by atomic mass is 10.1. The molecule has 29 heavy (non-hydrogen) atoms. The normalized spacial score (nSPS) is 13.9. The third kappa shape index (κ3) is 9.17. The summed E-state index contributed by atoms with van der Waals surface area (Å²) in [5.41, 5.74) is 17.0. The zero-order valence-electron chi connectivity index (χ0n) is 16.1. The quantitative estimate of drug-likeness (QED) is 0.165. The molecule has 10 N–H and O–H groups in total. The molecular weight excluding hydrogens is 382 g/mol. The number of hydrogen-bond acceptors (Lipinski definition) is 7. The van der Waals surface area contributed by atoms with Crippen LogP contribution in [0.2, 0.25) is 0 Å². The van der Waals surface area contributed by atoms with Crippen molar-refractivity contribution in [2.24, 2.45) is 17.2 Å². The number of unbranched alkanes of at least 4 members (excludes halogenated alkanes) is 1. The van der Waals surface area contributed by atoms with Crippen LogP contribution in [0.15, 0.2) is 12.5 Å². The highest BCUT2D eigenvalue weighted by Crippen LogP contribution is 2.05. The second kappa shape index (κ2) is 12.5. The van der Waals surface area contributed by atoms with E-state index in [2.05, 4.69) is 20.6 Å². The Hall–Kier alpha value is -2.99. The van der Waals surface area contributed by atoms with Gasteiger partial charge in [0, 0.05) is 24.7 Å². The van der Waals surface area contributed by atoms with Crippen molar-refractivity contribution in [1.29, 1.82) is 0 Å². The summed E-state index contributed by atoms with van der Waals surface area (Å²) in [4.78, 5) is 53.9. The molecule has 3 atom stereocenters. The van der Waals surface area contributed by atoms with Crippen LogP contribution in [-0.2, 0) is 25.6 Å². The van der Waals surface area contributed by atoms with E-state index >= 15 is 0 Å². The number of nitrogens with one attached hydrogen (secondary N) is 3. The second-order valence-corrected chi connectivity index (χ2v) is 6.64. The van der Waals surface area contributed by atoms with Crippen LogP contribution in [0, 0.1) is 0 Å². The minimum Gasteiger partial charge on any atom is -0.480 e. The number of aliphatic carboxylic acids is 1. The second-order valence-electron chi connectivity index (χ2n) is 6.64. The first-order chi connectivity index (χ1) is 13.7. The maximum absolute atomic E-state index is 12.6. The van der Waals surface area contributed by atoms with Gasteiger partial charge in [0.05, 0.1) is 12.4 Å². The number of imidazole rings is 1. The molecule has 0 saturated heterocycles. The van der Waals surface area contributed by atoms with Crippen molar-refractivity contribution < 1.29 is 24.3 Å². The van der Waals surface area contributed by atoms with Crippen molar-refractivity contribution in [3.8, 4) is 0 Å². The number of nitrogens with zero attached hydrogens (tertiary/aromatic N) is 1. The molecule has 12 nitrogen and oxygen atoms in total. The molecule has 0 spiro atoms. The van der Waals surface area contributed by atoms with E-state index in [0.717, 1.165) is 0 Å². The predicted molar refractivity (Wildman–Crippen MR) is 103 cm³/mol. The van der Waals surface area contributed by atoms with Crippen LogP contribution >= 0.6 is 0 Å². The highest BCUT2D eigenvalue weighted by molar-refractivity contribution is 5.92. The van der Waals surface area contributed by atoms with Gasteiger partial charge in [0.25, 0.3) is 0 Å². The van der Waals surface area contributed by atoms with Crippen LogP contribution in [0.4, 0.5) is 0 Å². The summed E-state index contributed by atoms with van der Waals surface area (Å²) >= 11 is 0. The number of nitrogens with two attached hydrogens (primary N) is 3. The number of carbonyl (C=O) groups is 4. The number of rotatable bonds is 14. The maximum atomic E-state index is 12.6. The van der Waals surface area contributed by atoms with Gasteiger partial charge in [0.1, 0.15) is 12.1 Å². The van der Waals surface area contributed by atoms with E-state index in [1.54, 1.807) is 0 Å². The van der Waals surface area contributed by atoms with E-state index < -0.39 is 41.8 Å². The fourth-order valence-electron chi connectivity index (χ4n) is 2.58. The molecule has 12 heteroatoms. The zero-order chi connectivity index (χ0) is 21.8. The number of carboxylic acids is 1. The minimum atomic E-state index is -1.30. The largest absolute Gasteiger partial charge is 0.480 e. The third-order valence-corrected chi connectivity index (χ3v) is 4.21. The van der Waals surface area contributed by atoms with Gasteiger partial charge in [-0.25, -0.2) is 9.78 Å². The SMILES string of the molecule is NCCCCC(NC(=O)C(N)Cc1cnc[nH]1)C(=O)NC(CCC(N)=O)C(=O)O. The smallest absolute Gasteiger partial charge is 0.326 e. The summed E-state index contributed by atoms with van der Waals surface area (Å²) in [5.74, 6) is -3.22. The van der Waals surface area contributed by atoms with E-state index in [9.17, 15) is 24.3 Å². The Morgan fingerprint density at radius 3 is 2.34 bits per heavy atom. The molecule has 0 aliphatic heterocycles. The van der Waals surface area contributed by atoms with Gasteiger partial charge in [0.15, 0.2) is 0 Å². The lowest BCUT2D eigenvalue weighted by molar-refractivity contribution is -0.142. The van der Waals surface area contributed by atoms with Gasteiger partial charge >= 0.3 is 5.97 Å². The Balaban J connectivity index is 2.75. The van der Waals surface area contributed by atoms with E-state index in [1.807, 2.05) is 0 Å². The number of aromatic amines is 1. The Bertz CT molecular complexity index is 680. The lowest BCUT2D eigenvalue weighted by Crippen LogP contribution is -2.54. The number of primary amides is 1. The van der Waals surface area contributed by atoms with Crippen LogP contribution in [0.3, 0.4) is 0 Å². The molecule has 1 aromatic rings. The highest BCUT2D eigenvalue weighted by Gasteiger charge is 2.28. The Kier molecular flexibility index (Phi) is 10.3. The molecule has 0 bridgehead atoms. The standard InChI is InChI=1S/C17H29N7O5/c18-6-2-1-3-12(16(27)24-13(17(28)29)4-5-14(20)25)23-15(26)11(19)7-10-8-21-9-22-10/h8-9,11-13H,1-7,18-19H2,(H2,20,25)(H,21,22)(H,23,26)(H,24,27)(H,28,29). The first kappa shape index (κ1) is 24.0. The van der Waals surface area contributed by atoms with Gasteiger partial charge in [-0.2, -0.15) is 0 Å². The van der Waals surface area contributed by atoms with Gasteiger partial charge in [-0.05, 0) is 32.2 Å². The molecule has 1 heterocycles. The third-order valence-electron chi connectivity index (χ3n) is 4.21. The molecule has 0 fully saturated rings. The monoisotopic (exact) mass is 411 g/mol. The molecule has 162 valence electrons. The van der Waals surface area contributed by atoms with Crippen LogP contribution in [0.1, 0.15) is 37.8 Å². The van der Waals surface area contributed by atoms with Gasteiger partial charge < -0.3 is 37.9 Å². The van der Waals surface area contributed by atoms with Gasteiger partial charge in [-0.3, -0.25) is 14.4 Å². The van der Waals surface area contributed by atoms with Crippen molar-refractivity contribution in [1.82, 2.24) is 20.6 Å². The first-order valence-corrected chi connectivity index (χ1v) is 9.29. The Morgan fingerprint density at radius 2 is 1.79 bits per heavy atom. The molecule has 0 saturated carbocycles. The summed E-state index contributed by atoms with van der Waals surface area (Å²) in [6.45, 7) is 0.415.